The van der Waals surface area contributed by atoms with Crippen LogP contribution in [0.5, 0.6) is 0 Å². The Labute approximate surface area is 108 Å². The Morgan fingerprint density at radius 1 is 1.33 bits per heavy atom. The summed E-state index contributed by atoms with van der Waals surface area (Å²) in [5.74, 6) is 1.27. The van der Waals surface area contributed by atoms with E-state index in [4.69, 9.17) is 15.0 Å². The molecule has 1 atom stereocenters. The van der Waals surface area contributed by atoms with E-state index in [9.17, 15) is 0 Å². The van der Waals surface area contributed by atoms with Gasteiger partial charge in [-0.1, -0.05) is 19.0 Å². The molecule has 2 N–H and O–H groups in total. The van der Waals surface area contributed by atoms with Crippen LogP contribution in [0, 0.1) is 0 Å². The predicted molar refractivity (Wildman–Crippen MR) is 68.0 cm³/mol. The summed E-state index contributed by atoms with van der Waals surface area (Å²) < 4.78 is 11.0. The molecule has 0 bridgehead atoms. The fourth-order valence-corrected chi connectivity index (χ4v) is 2.27. The lowest BCUT2D eigenvalue weighted by atomic mass is 9.93. The molecule has 0 aliphatic carbocycles. The Balaban J connectivity index is 2.01. The summed E-state index contributed by atoms with van der Waals surface area (Å²) in [6.07, 6.45) is 6.00. The average Bonchev–Trinajstić information content (AvgIpc) is 2.88. The Bertz CT molecular complexity index is 368. The highest BCUT2D eigenvalue weighted by Gasteiger charge is 2.29. The van der Waals surface area contributed by atoms with Crippen LogP contribution in [0.25, 0.3) is 0 Å². The number of aromatic nitrogens is 2. The molecule has 0 radical (unpaired) electrons. The van der Waals surface area contributed by atoms with Crippen LogP contribution in [-0.4, -0.2) is 22.9 Å². The van der Waals surface area contributed by atoms with Gasteiger partial charge in [-0.15, -0.1) is 0 Å². The minimum absolute atomic E-state index is 0.225. The largest absolute Gasteiger partial charge is 0.378 e. The van der Waals surface area contributed by atoms with Crippen LogP contribution in [0.1, 0.15) is 57.7 Å². The number of nitrogens with zero attached hydrogens (tertiary/aromatic N) is 2. The van der Waals surface area contributed by atoms with Gasteiger partial charge in [0.25, 0.3) is 0 Å². The zero-order valence-electron chi connectivity index (χ0n) is 11.3. The van der Waals surface area contributed by atoms with E-state index in [0.717, 1.165) is 32.3 Å². The lowest BCUT2D eigenvalue weighted by molar-refractivity contribution is 0.0124. The van der Waals surface area contributed by atoms with Crippen molar-refractivity contribution < 1.29 is 9.26 Å². The molecule has 0 aromatic carbocycles. The van der Waals surface area contributed by atoms with Gasteiger partial charge in [0.2, 0.25) is 5.89 Å². The van der Waals surface area contributed by atoms with Crippen molar-refractivity contribution in [3.63, 3.8) is 0 Å². The maximum atomic E-state index is 6.25. The van der Waals surface area contributed by atoms with Crippen molar-refractivity contribution in [3.05, 3.63) is 11.7 Å². The number of ether oxygens (including phenoxy) is 1. The Kier molecular flexibility index (Phi) is 4.35. The molecule has 1 aromatic heterocycles. The van der Waals surface area contributed by atoms with Crippen molar-refractivity contribution in [3.8, 4) is 0 Å². The van der Waals surface area contributed by atoms with Gasteiger partial charge in [0, 0.05) is 6.61 Å². The standard InChI is InChI=1S/C13H23N3O2/c1-3-13(14,4-2)12-15-11(18-16-12)9-10-7-5-6-8-17-10/h10H,3-9,14H2,1-2H3. The second-order valence-electron chi connectivity index (χ2n) is 5.07. The van der Waals surface area contributed by atoms with Crippen molar-refractivity contribution in [2.75, 3.05) is 6.61 Å². The first-order valence-corrected chi connectivity index (χ1v) is 6.91. The molecule has 5 nitrogen and oxygen atoms in total. The summed E-state index contributed by atoms with van der Waals surface area (Å²) in [6, 6.07) is 0. The molecule has 102 valence electrons. The highest BCUT2D eigenvalue weighted by atomic mass is 16.5. The molecule has 1 aliphatic rings. The summed E-state index contributed by atoms with van der Waals surface area (Å²) in [6.45, 7) is 4.93. The fourth-order valence-electron chi connectivity index (χ4n) is 2.27. The van der Waals surface area contributed by atoms with Crippen molar-refractivity contribution in [1.29, 1.82) is 0 Å². The summed E-state index contributed by atoms with van der Waals surface area (Å²) in [5, 5.41) is 4.03. The Morgan fingerprint density at radius 2 is 2.11 bits per heavy atom. The molecule has 2 heterocycles. The smallest absolute Gasteiger partial charge is 0.229 e. The first-order valence-electron chi connectivity index (χ1n) is 6.91. The van der Waals surface area contributed by atoms with Gasteiger partial charge in [-0.05, 0) is 32.1 Å². The van der Waals surface area contributed by atoms with E-state index < -0.39 is 5.54 Å². The van der Waals surface area contributed by atoms with Crippen LogP contribution >= 0.6 is 0 Å². The maximum Gasteiger partial charge on any atom is 0.229 e. The van der Waals surface area contributed by atoms with Gasteiger partial charge in [-0.2, -0.15) is 4.98 Å². The molecule has 2 rings (SSSR count). The van der Waals surface area contributed by atoms with Gasteiger partial charge < -0.3 is 15.0 Å². The lowest BCUT2D eigenvalue weighted by Crippen LogP contribution is -2.36. The number of hydrogen-bond donors (Lipinski definition) is 1. The van der Waals surface area contributed by atoms with Crippen molar-refractivity contribution >= 4 is 0 Å². The minimum Gasteiger partial charge on any atom is -0.378 e. The van der Waals surface area contributed by atoms with E-state index in [1.54, 1.807) is 0 Å². The molecule has 1 fully saturated rings. The van der Waals surface area contributed by atoms with E-state index in [-0.39, 0.29) is 6.10 Å². The quantitative estimate of drug-likeness (QED) is 0.870. The molecule has 18 heavy (non-hydrogen) atoms. The molecule has 0 saturated carbocycles. The monoisotopic (exact) mass is 253 g/mol. The third-order valence-electron chi connectivity index (χ3n) is 3.85. The topological polar surface area (TPSA) is 74.2 Å². The third kappa shape index (κ3) is 2.90. The third-order valence-corrected chi connectivity index (χ3v) is 3.85. The van der Waals surface area contributed by atoms with Gasteiger partial charge in [0.1, 0.15) is 0 Å². The maximum absolute atomic E-state index is 6.25. The SMILES string of the molecule is CCC(N)(CC)c1noc(CC2CCCCO2)n1. The molecular weight excluding hydrogens is 230 g/mol. The van der Waals surface area contributed by atoms with Crippen LogP contribution in [0.15, 0.2) is 4.52 Å². The van der Waals surface area contributed by atoms with Gasteiger partial charge in [0.05, 0.1) is 18.1 Å². The Hall–Kier alpha value is -0.940. The van der Waals surface area contributed by atoms with E-state index in [2.05, 4.69) is 10.1 Å². The lowest BCUT2D eigenvalue weighted by Gasteiger charge is -2.22. The fraction of sp³-hybridized carbons (Fsp3) is 0.846. The molecule has 0 amide bonds. The summed E-state index contributed by atoms with van der Waals surface area (Å²) in [7, 11) is 0. The second-order valence-corrected chi connectivity index (χ2v) is 5.07. The molecule has 1 saturated heterocycles. The summed E-state index contributed by atoms with van der Waals surface area (Å²) >= 11 is 0. The predicted octanol–water partition coefficient (Wildman–Crippen LogP) is 2.16. The van der Waals surface area contributed by atoms with Crippen molar-refractivity contribution in [2.45, 2.75) is 64.0 Å². The van der Waals surface area contributed by atoms with Gasteiger partial charge in [0.15, 0.2) is 5.82 Å². The summed E-state index contributed by atoms with van der Waals surface area (Å²) in [4.78, 5) is 4.44. The van der Waals surface area contributed by atoms with Gasteiger partial charge >= 0.3 is 0 Å². The molecule has 1 aliphatic heterocycles. The van der Waals surface area contributed by atoms with E-state index in [1.807, 2.05) is 13.8 Å². The van der Waals surface area contributed by atoms with E-state index >= 15 is 0 Å². The number of rotatable bonds is 5. The molecule has 5 heteroatoms. The van der Waals surface area contributed by atoms with Crippen LogP contribution in [-0.2, 0) is 16.7 Å². The zero-order chi connectivity index (χ0) is 13.0. The summed E-state index contributed by atoms with van der Waals surface area (Å²) in [5.41, 5.74) is 5.78. The number of hydrogen-bond acceptors (Lipinski definition) is 5. The Morgan fingerprint density at radius 3 is 2.72 bits per heavy atom. The van der Waals surface area contributed by atoms with Crippen molar-refractivity contribution in [1.82, 2.24) is 10.1 Å². The molecule has 0 spiro atoms. The average molecular weight is 253 g/mol. The zero-order valence-corrected chi connectivity index (χ0v) is 11.3. The minimum atomic E-state index is -0.463. The molecule has 1 unspecified atom stereocenters. The van der Waals surface area contributed by atoms with Crippen LogP contribution in [0.3, 0.4) is 0 Å². The van der Waals surface area contributed by atoms with Crippen LogP contribution < -0.4 is 5.73 Å². The van der Waals surface area contributed by atoms with E-state index in [0.29, 0.717) is 18.1 Å². The molecule has 1 aromatic rings. The van der Waals surface area contributed by atoms with Gasteiger partial charge in [-0.3, -0.25) is 0 Å². The first-order chi connectivity index (χ1) is 8.68. The molecular formula is C13H23N3O2. The first kappa shape index (κ1) is 13.5. The second kappa shape index (κ2) is 5.80. The van der Waals surface area contributed by atoms with Crippen molar-refractivity contribution in [2.24, 2.45) is 5.73 Å². The number of nitrogens with two attached hydrogens (primary N) is 1. The van der Waals surface area contributed by atoms with Gasteiger partial charge in [-0.25, -0.2) is 0 Å². The van der Waals surface area contributed by atoms with E-state index in [1.165, 1.54) is 6.42 Å². The normalized spacial score (nSPS) is 21.2. The highest BCUT2D eigenvalue weighted by Crippen LogP contribution is 2.24. The highest BCUT2D eigenvalue weighted by molar-refractivity contribution is 5.03. The van der Waals surface area contributed by atoms with Crippen LogP contribution in [0.2, 0.25) is 0 Å². The van der Waals surface area contributed by atoms with Crippen LogP contribution in [0.4, 0.5) is 0 Å².